The first-order valence-corrected chi connectivity index (χ1v) is 6.04. The Labute approximate surface area is 103 Å². The molecule has 0 saturated carbocycles. The van der Waals surface area contributed by atoms with Gasteiger partial charge in [-0.15, -0.1) is 21.5 Å². The molecule has 8 heteroatoms. The van der Waals surface area contributed by atoms with Gasteiger partial charge in [0.2, 0.25) is 0 Å². The van der Waals surface area contributed by atoms with Gasteiger partial charge in [0.25, 0.3) is 5.09 Å². The summed E-state index contributed by atoms with van der Waals surface area (Å²) in [4.78, 5) is 19.7. The van der Waals surface area contributed by atoms with Gasteiger partial charge in [0.1, 0.15) is 6.61 Å². The molecule has 0 aliphatic heterocycles. The number of nitrogens with two attached hydrogens (primary N) is 1. The zero-order valence-electron chi connectivity index (χ0n) is 9.59. The number of nitrogens with zero attached hydrogens (tertiary/aromatic N) is 3. The molecule has 2 N–H and O–H groups in total. The van der Waals surface area contributed by atoms with Gasteiger partial charge in [-0.25, -0.2) is 4.98 Å². The summed E-state index contributed by atoms with van der Waals surface area (Å²) in [5.74, 6) is 5.05. The van der Waals surface area contributed by atoms with Gasteiger partial charge in [-0.2, -0.15) is 5.43 Å². The van der Waals surface area contributed by atoms with Gasteiger partial charge in [-0.3, -0.25) is 5.84 Å². The first-order valence-electron chi connectivity index (χ1n) is 5.22. The SMILES string of the molecule is Cc1nc(CCC[N]N)sc1CCO[N+](=O)[O-]. The molecule has 0 aliphatic carbocycles. The van der Waals surface area contributed by atoms with E-state index in [1.807, 2.05) is 6.92 Å². The zero-order chi connectivity index (χ0) is 12.7. The highest BCUT2D eigenvalue weighted by atomic mass is 32.1. The molecule has 0 saturated heterocycles. The Morgan fingerprint density at radius 2 is 2.35 bits per heavy atom. The quantitative estimate of drug-likeness (QED) is 0.319. The fraction of sp³-hybridized carbons (Fsp3) is 0.667. The van der Waals surface area contributed by atoms with Crippen molar-refractivity contribution in [2.45, 2.75) is 26.2 Å². The average Bonchev–Trinajstić information content (AvgIpc) is 2.60. The molecule has 7 nitrogen and oxygen atoms in total. The van der Waals surface area contributed by atoms with Gasteiger partial charge in [0.15, 0.2) is 0 Å². The third kappa shape index (κ3) is 5.07. The Kier molecular flexibility index (Phi) is 5.81. The summed E-state index contributed by atoms with van der Waals surface area (Å²) in [6, 6.07) is 0. The van der Waals surface area contributed by atoms with Crippen LogP contribution in [0.1, 0.15) is 22.0 Å². The van der Waals surface area contributed by atoms with Crippen LogP contribution in [-0.2, 0) is 17.7 Å². The molecule has 1 aromatic rings. The van der Waals surface area contributed by atoms with E-state index in [1.165, 1.54) is 0 Å². The van der Waals surface area contributed by atoms with E-state index in [4.69, 9.17) is 5.84 Å². The maximum absolute atomic E-state index is 10.0. The maximum Gasteiger partial charge on any atom is 0.294 e. The van der Waals surface area contributed by atoms with E-state index in [1.54, 1.807) is 11.3 Å². The van der Waals surface area contributed by atoms with E-state index in [2.05, 4.69) is 15.2 Å². The van der Waals surface area contributed by atoms with E-state index in [-0.39, 0.29) is 6.61 Å². The number of hydrogen-bond acceptors (Lipinski definition) is 6. The normalized spacial score (nSPS) is 10.5. The average molecular weight is 259 g/mol. The Morgan fingerprint density at radius 3 is 3.00 bits per heavy atom. The van der Waals surface area contributed by atoms with Crippen molar-refractivity contribution in [1.29, 1.82) is 0 Å². The molecule has 0 aliphatic rings. The summed E-state index contributed by atoms with van der Waals surface area (Å²) in [5, 5.41) is 10.2. The molecule has 17 heavy (non-hydrogen) atoms. The lowest BCUT2D eigenvalue weighted by Gasteiger charge is -1.96. The molecule has 1 aromatic heterocycles. The van der Waals surface area contributed by atoms with Crippen LogP contribution in [0.5, 0.6) is 0 Å². The first-order chi connectivity index (χ1) is 8.13. The molecular weight excluding hydrogens is 244 g/mol. The van der Waals surface area contributed by atoms with E-state index in [0.717, 1.165) is 28.4 Å². The molecular formula is C9H15N4O3S. The third-order valence-electron chi connectivity index (χ3n) is 2.14. The maximum atomic E-state index is 10.0. The Bertz CT molecular complexity index is 369. The van der Waals surface area contributed by atoms with Crippen LogP contribution in [0, 0.1) is 17.0 Å². The lowest BCUT2D eigenvalue weighted by Crippen LogP contribution is -2.14. The van der Waals surface area contributed by atoms with Crippen LogP contribution in [0.4, 0.5) is 0 Å². The van der Waals surface area contributed by atoms with Crippen molar-refractivity contribution in [3.63, 3.8) is 0 Å². The largest absolute Gasteiger partial charge is 0.314 e. The highest BCUT2D eigenvalue weighted by molar-refractivity contribution is 7.11. The molecule has 0 spiro atoms. The predicted molar refractivity (Wildman–Crippen MR) is 63.0 cm³/mol. The van der Waals surface area contributed by atoms with Gasteiger partial charge in [0.05, 0.1) is 10.7 Å². The molecule has 0 unspecified atom stereocenters. The molecule has 0 amide bonds. The van der Waals surface area contributed by atoms with E-state index < -0.39 is 5.09 Å². The minimum Gasteiger partial charge on any atom is -0.314 e. The van der Waals surface area contributed by atoms with Crippen molar-refractivity contribution in [3.05, 3.63) is 25.7 Å². The van der Waals surface area contributed by atoms with E-state index in [0.29, 0.717) is 13.0 Å². The van der Waals surface area contributed by atoms with E-state index >= 15 is 0 Å². The van der Waals surface area contributed by atoms with Crippen LogP contribution in [0.25, 0.3) is 0 Å². The third-order valence-corrected chi connectivity index (χ3v) is 3.42. The number of aromatic nitrogens is 1. The predicted octanol–water partition coefficient (Wildman–Crippen LogP) is 0.613. The zero-order valence-corrected chi connectivity index (χ0v) is 10.4. The van der Waals surface area contributed by atoms with Crippen molar-refractivity contribution in [2.24, 2.45) is 5.84 Å². The fourth-order valence-corrected chi connectivity index (χ4v) is 2.45. The summed E-state index contributed by atoms with van der Waals surface area (Å²) >= 11 is 1.57. The monoisotopic (exact) mass is 259 g/mol. The summed E-state index contributed by atoms with van der Waals surface area (Å²) in [7, 11) is 0. The second-order valence-electron chi connectivity index (χ2n) is 3.43. The first kappa shape index (κ1) is 13.8. The molecule has 0 bridgehead atoms. The molecule has 0 fully saturated rings. The van der Waals surface area contributed by atoms with Crippen molar-refractivity contribution < 1.29 is 9.92 Å². The van der Waals surface area contributed by atoms with Gasteiger partial charge < -0.3 is 4.84 Å². The second-order valence-corrected chi connectivity index (χ2v) is 4.60. The van der Waals surface area contributed by atoms with Crippen LogP contribution in [-0.4, -0.2) is 23.2 Å². The summed E-state index contributed by atoms with van der Waals surface area (Å²) in [6.07, 6.45) is 2.22. The Hall–Kier alpha value is -1.25. The summed E-state index contributed by atoms with van der Waals surface area (Å²) < 4.78 is 0. The molecule has 1 radical (unpaired) electrons. The van der Waals surface area contributed by atoms with E-state index in [9.17, 15) is 10.1 Å². The van der Waals surface area contributed by atoms with Crippen LogP contribution >= 0.6 is 11.3 Å². The standard InChI is InChI=1S/C9H15N4O3S/c1-7-8(4-6-16-13(14)15)17-9(12-7)3-2-5-11-10/h2-6,10H2,1H3. The number of rotatable bonds is 8. The highest BCUT2D eigenvalue weighted by Gasteiger charge is 2.08. The van der Waals surface area contributed by atoms with Crippen molar-refractivity contribution in [2.75, 3.05) is 13.2 Å². The topological polar surface area (TPSA) is 105 Å². The van der Waals surface area contributed by atoms with Gasteiger partial charge in [-0.1, -0.05) is 0 Å². The second kappa shape index (κ2) is 7.15. The van der Waals surface area contributed by atoms with Gasteiger partial charge >= 0.3 is 0 Å². The van der Waals surface area contributed by atoms with Crippen LogP contribution in [0.3, 0.4) is 0 Å². The van der Waals surface area contributed by atoms with Gasteiger partial charge in [-0.05, 0) is 13.3 Å². The Morgan fingerprint density at radius 1 is 1.59 bits per heavy atom. The smallest absolute Gasteiger partial charge is 0.294 e. The highest BCUT2D eigenvalue weighted by Crippen LogP contribution is 2.19. The minimum absolute atomic E-state index is 0.0770. The van der Waals surface area contributed by atoms with Crippen LogP contribution < -0.4 is 11.3 Å². The molecule has 1 heterocycles. The number of thiazole rings is 1. The molecule has 0 atom stereocenters. The fourth-order valence-electron chi connectivity index (χ4n) is 1.36. The summed E-state index contributed by atoms with van der Waals surface area (Å²) in [6.45, 7) is 2.60. The van der Waals surface area contributed by atoms with Crippen molar-refractivity contribution >= 4 is 11.3 Å². The van der Waals surface area contributed by atoms with Crippen molar-refractivity contribution in [3.8, 4) is 0 Å². The van der Waals surface area contributed by atoms with Gasteiger partial charge in [0, 0.05) is 24.3 Å². The molecule has 1 rings (SSSR count). The minimum atomic E-state index is -0.778. The molecule has 95 valence electrons. The lowest BCUT2D eigenvalue weighted by atomic mass is 10.3. The molecule has 0 aromatic carbocycles. The number of aryl methyl sites for hydroxylation is 2. The van der Waals surface area contributed by atoms with Crippen LogP contribution in [0.15, 0.2) is 0 Å². The van der Waals surface area contributed by atoms with Crippen molar-refractivity contribution in [1.82, 2.24) is 10.4 Å². The lowest BCUT2D eigenvalue weighted by molar-refractivity contribution is -0.757. The Balaban J connectivity index is 2.41. The number of hydrogen-bond donors (Lipinski definition) is 1. The summed E-state index contributed by atoms with van der Waals surface area (Å²) in [5.41, 5.74) is 4.45. The van der Waals surface area contributed by atoms with Crippen LogP contribution in [0.2, 0.25) is 0 Å².